The van der Waals surface area contributed by atoms with Crippen LogP contribution in [-0.4, -0.2) is 76.8 Å². The predicted molar refractivity (Wildman–Crippen MR) is 142 cm³/mol. The number of carbonyl (C=O) groups is 2. The molecule has 0 radical (unpaired) electrons. The van der Waals surface area contributed by atoms with Gasteiger partial charge in [0.2, 0.25) is 0 Å². The summed E-state index contributed by atoms with van der Waals surface area (Å²) in [5, 5.41) is 3.50. The molecule has 10 heteroatoms. The molecule has 2 fully saturated rings. The molecule has 1 aromatic heterocycles. The van der Waals surface area contributed by atoms with Crippen molar-refractivity contribution in [2.45, 2.75) is 16.7 Å². The Balaban J connectivity index is 1.07. The van der Waals surface area contributed by atoms with Crippen molar-refractivity contribution in [2.24, 2.45) is 0 Å². The molecular formula is C25H24Cl2N4O2S2. The molecule has 5 rings (SSSR count). The van der Waals surface area contributed by atoms with Crippen LogP contribution in [0.2, 0.25) is 10.0 Å². The average Bonchev–Trinajstić information content (AvgIpc) is 3.39. The number of aromatic nitrogens is 1. The Kier molecular flexibility index (Phi) is 7.65. The fraction of sp³-hybridized carbons (Fsp3) is 0.320. The number of benzene rings is 2. The van der Waals surface area contributed by atoms with Crippen molar-refractivity contribution in [2.75, 3.05) is 39.3 Å². The minimum Gasteiger partial charge on any atom is -0.335 e. The normalized spacial score (nSPS) is 16.9. The van der Waals surface area contributed by atoms with E-state index >= 15 is 0 Å². The van der Waals surface area contributed by atoms with E-state index < -0.39 is 0 Å². The van der Waals surface area contributed by atoms with E-state index in [1.807, 2.05) is 57.6 Å². The second-order valence-corrected chi connectivity index (χ2v) is 11.3. The molecule has 182 valence electrons. The summed E-state index contributed by atoms with van der Waals surface area (Å²) in [7, 11) is 0. The van der Waals surface area contributed by atoms with Gasteiger partial charge in [0.1, 0.15) is 0 Å². The van der Waals surface area contributed by atoms with Gasteiger partial charge in [-0.1, -0.05) is 29.3 Å². The molecule has 0 atom stereocenters. The van der Waals surface area contributed by atoms with E-state index in [4.69, 9.17) is 23.2 Å². The van der Waals surface area contributed by atoms with E-state index in [0.717, 1.165) is 42.4 Å². The number of amides is 2. The molecule has 0 bridgehead atoms. The summed E-state index contributed by atoms with van der Waals surface area (Å²) in [6.45, 7) is 4.51. The lowest BCUT2D eigenvalue weighted by Crippen LogP contribution is -2.64. The van der Waals surface area contributed by atoms with Crippen molar-refractivity contribution < 1.29 is 9.59 Å². The molecule has 0 saturated carbocycles. The first-order chi connectivity index (χ1) is 17.0. The van der Waals surface area contributed by atoms with Crippen LogP contribution in [0.1, 0.15) is 25.7 Å². The van der Waals surface area contributed by atoms with Crippen LogP contribution in [0.3, 0.4) is 0 Å². The number of hydrogen-bond donors (Lipinski definition) is 0. The topological polar surface area (TPSA) is 56.8 Å². The van der Waals surface area contributed by atoms with Gasteiger partial charge in [-0.05, 0) is 42.0 Å². The first-order valence-corrected chi connectivity index (χ1v) is 14.0. The maximum atomic E-state index is 12.9. The van der Waals surface area contributed by atoms with Crippen LogP contribution in [0.15, 0.2) is 58.9 Å². The molecule has 2 saturated heterocycles. The van der Waals surface area contributed by atoms with E-state index in [1.165, 1.54) is 11.3 Å². The molecule has 0 spiro atoms. The minimum atomic E-state index is 0.0173. The van der Waals surface area contributed by atoms with Crippen LogP contribution < -0.4 is 0 Å². The minimum absolute atomic E-state index is 0.0173. The van der Waals surface area contributed by atoms with Crippen LogP contribution in [-0.2, 0) is 5.75 Å². The standard InChI is InChI=1S/C25H24Cl2N4O2S2/c26-21-6-1-17(13-22(21)27)16-35-20-4-2-18(3-5-20)24(32)31-14-19(15-31)29-8-10-30(11-9-29)25(33)23-28-7-12-34-23/h1-7,12-13,19H,8-11,14-16H2. The highest BCUT2D eigenvalue weighted by molar-refractivity contribution is 7.98. The van der Waals surface area contributed by atoms with Crippen molar-refractivity contribution in [1.82, 2.24) is 19.7 Å². The van der Waals surface area contributed by atoms with Crippen LogP contribution in [0.5, 0.6) is 0 Å². The molecule has 0 unspecified atom stereocenters. The maximum absolute atomic E-state index is 12.9. The monoisotopic (exact) mass is 546 g/mol. The smallest absolute Gasteiger partial charge is 0.282 e. The van der Waals surface area contributed by atoms with E-state index in [1.54, 1.807) is 18.0 Å². The highest BCUT2D eigenvalue weighted by Gasteiger charge is 2.37. The third-order valence-electron chi connectivity index (χ3n) is 6.37. The highest BCUT2D eigenvalue weighted by Crippen LogP contribution is 2.28. The van der Waals surface area contributed by atoms with Gasteiger partial charge < -0.3 is 9.80 Å². The number of carbonyl (C=O) groups excluding carboxylic acids is 2. The van der Waals surface area contributed by atoms with E-state index in [0.29, 0.717) is 39.7 Å². The summed E-state index contributed by atoms with van der Waals surface area (Å²) in [6, 6.07) is 13.8. The zero-order valence-corrected chi connectivity index (χ0v) is 22.0. The van der Waals surface area contributed by atoms with Gasteiger partial charge >= 0.3 is 0 Å². The van der Waals surface area contributed by atoms with Gasteiger partial charge in [-0.3, -0.25) is 14.5 Å². The van der Waals surface area contributed by atoms with Gasteiger partial charge in [0.25, 0.3) is 11.8 Å². The van der Waals surface area contributed by atoms with E-state index in [9.17, 15) is 9.59 Å². The van der Waals surface area contributed by atoms with Crippen LogP contribution in [0.25, 0.3) is 0 Å². The fourth-order valence-electron chi connectivity index (χ4n) is 4.28. The zero-order chi connectivity index (χ0) is 24.4. The first kappa shape index (κ1) is 24.6. The second-order valence-electron chi connectivity index (χ2n) is 8.59. The lowest BCUT2D eigenvalue weighted by molar-refractivity contribution is 0.00853. The molecule has 3 heterocycles. The highest BCUT2D eigenvalue weighted by atomic mass is 35.5. The zero-order valence-electron chi connectivity index (χ0n) is 18.9. The summed E-state index contributed by atoms with van der Waals surface area (Å²) in [4.78, 5) is 36.8. The largest absolute Gasteiger partial charge is 0.335 e. The number of halogens is 2. The predicted octanol–water partition coefficient (Wildman–Crippen LogP) is 5.02. The number of nitrogens with zero attached hydrogens (tertiary/aromatic N) is 4. The van der Waals surface area contributed by atoms with Crippen molar-refractivity contribution in [1.29, 1.82) is 0 Å². The van der Waals surface area contributed by atoms with Gasteiger partial charge in [0.15, 0.2) is 5.01 Å². The molecule has 2 amide bonds. The van der Waals surface area contributed by atoms with Crippen LogP contribution >= 0.6 is 46.3 Å². The lowest BCUT2D eigenvalue weighted by atomic mass is 10.0. The van der Waals surface area contributed by atoms with Crippen molar-refractivity contribution >= 4 is 58.1 Å². The molecule has 6 nitrogen and oxygen atoms in total. The summed E-state index contributed by atoms with van der Waals surface area (Å²) in [6.07, 6.45) is 1.66. The molecule has 3 aromatic rings. The number of thiazole rings is 1. The maximum Gasteiger partial charge on any atom is 0.282 e. The molecule has 2 aromatic carbocycles. The summed E-state index contributed by atoms with van der Waals surface area (Å²) < 4.78 is 0. The summed E-state index contributed by atoms with van der Waals surface area (Å²) in [5.74, 6) is 0.865. The average molecular weight is 548 g/mol. The quantitative estimate of drug-likeness (QED) is 0.406. The van der Waals surface area contributed by atoms with Gasteiger partial charge in [0.05, 0.1) is 10.0 Å². The third kappa shape index (κ3) is 5.67. The summed E-state index contributed by atoms with van der Waals surface area (Å²) in [5.41, 5.74) is 1.81. The van der Waals surface area contributed by atoms with Gasteiger partial charge in [0, 0.05) is 73.1 Å². The van der Waals surface area contributed by atoms with Crippen LogP contribution in [0, 0.1) is 0 Å². The van der Waals surface area contributed by atoms with Crippen molar-refractivity contribution in [3.05, 3.63) is 80.2 Å². The molecule has 35 heavy (non-hydrogen) atoms. The lowest BCUT2D eigenvalue weighted by Gasteiger charge is -2.48. The number of rotatable bonds is 6. The Morgan fingerprint density at radius 2 is 1.69 bits per heavy atom. The van der Waals surface area contributed by atoms with Crippen molar-refractivity contribution in [3.63, 3.8) is 0 Å². The SMILES string of the molecule is O=C(c1ccc(SCc2ccc(Cl)c(Cl)c2)cc1)N1CC(N2CCN(C(=O)c3nccs3)CC2)C1. The Labute approximate surface area is 222 Å². The van der Waals surface area contributed by atoms with Crippen molar-refractivity contribution in [3.8, 4) is 0 Å². The number of hydrogen-bond acceptors (Lipinski definition) is 6. The molecule has 0 N–H and O–H groups in total. The fourth-order valence-corrected chi connectivity index (χ4v) is 6.04. The second kappa shape index (κ2) is 10.9. The number of thioether (sulfide) groups is 1. The Morgan fingerprint density at radius 1 is 0.943 bits per heavy atom. The summed E-state index contributed by atoms with van der Waals surface area (Å²) >= 11 is 15.1. The third-order valence-corrected chi connectivity index (χ3v) is 8.96. The van der Waals surface area contributed by atoms with Gasteiger partial charge in [-0.2, -0.15) is 0 Å². The Bertz CT molecular complexity index is 1190. The van der Waals surface area contributed by atoms with Crippen LogP contribution in [0.4, 0.5) is 0 Å². The molecular weight excluding hydrogens is 523 g/mol. The number of likely N-dealkylation sites (tertiary alicyclic amines) is 1. The Morgan fingerprint density at radius 3 is 2.34 bits per heavy atom. The molecule has 2 aliphatic heterocycles. The molecule has 0 aliphatic carbocycles. The van der Waals surface area contributed by atoms with Gasteiger partial charge in [-0.25, -0.2) is 4.98 Å². The van der Waals surface area contributed by atoms with E-state index in [-0.39, 0.29) is 11.8 Å². The van der Waals surface area contributed by atoms with Gasteiger partial charge in [-0.15, -0.1) is 23.1 Å². The van der Waals surface area contributed by atoms with E-state index in [2.05, 4.69) is 9.88 Å². The number of piperazine rings is 1. The Hall–Kier alpha value is -2.10. The molecule has 2 aliphatic rings. The first-order valence-electron chi connectivity index (χ1n) is 11.4.